The third kappa shape index (κ3) is 3.76. The summed E-state index contributed by atoms with van der Waals surface area (Å²) < 4.78 is 12.3. The molecule has 2 fully saturated rings. The molecule has 1 spiro atoms. The van der Waals surface area contributed by atoms with Gasteiger partial charge in [-0.2, -0.15) is 0 Å². The van der Waals surface area contributed by atoms with Gasteiger partial charge in [-0.25, -0.2) is 0 Å². The molecule has 2 amide bonds. The fraction of sp³-hybridized carbons (Fsp3) is 0.552. The summed E-state index contributed by atoms with van der Waals surface area (Å²) >= 11 is 0. The van der Waals surface area contributed by atoms with Crippen molar-refractivity contribution in [3.05, 3.63) is 53.6 Å². The Labute approximate surface area is 217 Å². The largest absolute Gasteiger partial charge is 0.465 e. The van der Waals surface area contributed by atoms with Crippen LogP contribution < -0.4 is 4.90 Å². The van der Waals surface area contributed by atoms with Gasteiger partial charge in [0, 0.05) is 12.2 Å². The van der Waals surface area contributed by atoms with Crippen LogP contribution in [0.4, 0.5) is 5.69 Å². The van der Waals surface area contributed by atoms with Gasteiger partial charge in [-0.15, -0.1) is 0 Å². The molecule has 0 aromatic heterocycles. The van der Waals surface area contributed by atoms with E-state index in [0.717, 1.165) is 16.8 Å². The van der Waals surface area contributed by atoms with Crippen molar-refractivity contribution < 1.29 is 29.0 Å². The molecule has 8 heteroatoms. The van der Waals surface area contributed by atoms with Crippen LogP contribution in [0, 0.1) is 31.6 Å². The van der Waals surface area contributed by atoms with Crippen molar-refractivity contribution in [2.75, 3.05) is 24.7 Å². The lowest BCUT2D eigenvalue weighted by Gasteiger charge is -2.41. The highest BCUT2D eigenvalue weighted by Crippen LogP contribution is 2.58. The normalized spacial score (nSPS) is 34.0. The number of likely N-dealkylation sites (tertiary alicyclic amines) is 1. The maximum atomic E-state index is 14.6. The summed E-state index contributed by atoms with van der Waals surface area (Å²) in [4.78, 5) is 45.4. The first-order valence-corrected chi connectivity index (χ1v) is 13.1. The van der Waals surface area contributed by atoms with Crippen LogP contribution in [0.1, 0.15) is 38.3 Å². The molecule has 1 aromatic carbocycles. The summed E-state index contributed by atoms with van der Waals surface area (Å²) in [5.74, 6) is -3.15. The quantitative estimate of drug-likeness (QED) is 0.496. The first kappa shape index (κ1) is 25.7. The Bertz CT molecular complexity index is 1190. The molecule has 0 radical (unpaired) electrons. The number of carbonyl (C=O) groups is 3. The highest BCUT2D eigenvalue weighted by molar-refractivity contribution is 6.06. The fourth-order valence-corrected chi connectivity index (χ4v) is 6.63. The van der Waals surface area contributed by atoms with Crippen LogP contribution in [0.5, 0.6) is 0 Å². The second-order valence-corrected chi connectivity index (χ2v) is 11.2. The van der Waals surface area contributed by atoms with Gasteiger partial charge in [0.25, 0.3) is 5.91 Å². The Morgan fingerprint density at radius 3 is 2.54 bits per heavy atom. The molecule has 0 aliphatic carbocycles. The summed E-state index contributed by atoms with van der Waals surface area (Å²) in [6, 6.07) is 4.27. The number of rotatable bonds is 4. The van der Waals surface area contributed by atoms with Crippen LogP contribution in [0.25, 0.3) is 0 Å². The van der Waals surface area contributed by atoms with Gasteiger partial charge < -0.3 is 24.4 Å². The molecular weight excluding hydrogens is 472 g/mol. The van der Waals surface area contributed by atoms with Gasteiger partial charge in [0.15, 0.2) is 0 Å². The van der Waals surface area contributed by atoms with Gasteiger partial charge in [-0.3, -0.25) is 14.4 Å². The zero-order chi connectivity index (χ0) is 26.7. The molecule has 4 aliphatic rings. The summed E-state index contributed by atoms with van der Waals surface area (Å²) in [5, 5.41) is 10.4. The second kappa shape index (κ2) is 9.10. The highest BCUT2D eigenvalue weighted by Gasteiger charge is 2.75. The molecular formula is C29H36N2O6. The van der Waals surface area contributed by atoms with Gasteiger partial charge in [0.2, 0.25) is 5.91 Å². The fourth-order valence-electron chi connectivity index (χ4n) is 6.63. The second-order valence-electron chi connectivity index (χ2n) is 11.2. The number of aryl methyl sites for hydroxylation is 2. The summed E-state index contributed by atoms with van der Waals surface area (Å²) in [6.45, 7) is 9.75. The van der Waals surface area contributed by atoms with Crippen LogP contribution in [-0.4, -0.2) is 70.8 Å². The standard InChI is InChI=1S/C29H36N2O6/c1-17(2)21(16-32)31-24-26(34)30(20-15-18(3)9-10-19(20)4)13-8-12-29(24)22(25(31)33)23-27(35)36-14-7-6-11-28(23,5)37-29/h6,8-12,15,17,21-24,32H,7,13-14,16H2,1-5H3/t21-,22-,23+,24?,28-,29-/m0/s1. The van der Waals surface area contributed by atoms with Gasteiger partial charge in [0.1, 0.15) is 17.6 Å². The van der Waals surface area contributed by atoms with Crippen molar-refractivity contribution in [3.8, 4) is 0 Å². The maximum absolute atomic E-state index is 14.6. The number of nitrogens with zero attached hydrogens (tertiary/aromatic N) is 2. The number of anilines is 1. The lowest BCUT2D eigenvalue weighted by molar-refractivity contribution is -0.160. The van der Waals surface area contributed by atoms with Crippen molar-refractivity contribution in [1.29, 1.82) is 0 Å². The number of cyclic esters (lactones) is 1. The van der Waals surface area contributed by atoms with Crippen LogP contribution in [0.15, 0.2) is 42.5 Å². The minimum absolute atomic E-state index is 0.130. The molecule has 0 saturated carbocycles. The van der Waals surface area contributed by atoms with E-state index in [0.29, 0.717) is 13.0 Å². The van der Waals surface area contributed by atoms with Gasteiger partial charge in [-0.05, 0) is 50.3 Å². The predicted molar refractivity (Wildman–Crippen MR) is 138 cm³/mol. The molecule has 5 rings (SSSR count). The average Bonchev–Trinajstić information content (AvgIpc) is 3.15. The van der Waals surface area contributed by atoms with E-state index in [1.165, 1.54) is 4.90 Å². The Balaban J connectivity index is 1.71. The van der Waals surface area contributed by atoms with E-state index in [-0.39, 0.29) is 30.9 Å². The van der Waals surface area contributed by atoms with E-state index in [9.17, 15) is 19.5 Å². The van der Waals surface area contributed by atoms with E-state index in [2.05, 4.69) is 0 Å². The molecule has 8 nitrogen and oxygen atoms in total. The molecule has 6 atom stereocenters. The van der Waals surface area contributed by atoms with E-state index in [1.807, 2.05) is 70.2 Å². The van der Waals surface area contributed by atoms with Crippen LogP contribution in [-0.2, 0) is 23.9 Å². The van der Waals surface area contributed by atoms with Crippen LogP contribution in [0.3, 0.4) is 0 Å². The Morgan fingerprint density at radius 1 is 1.08 bits per heavy atom. The molecule has 1 N–H and O–H groups in total. The number of amides is 2. The summed E-state index contributed by atoms with van der Waals surface area (Å²) in [7, 11) is 0. The number of hydrogen-bond acceptors (Lipinski definition) is 6. The Hall–Kier alpha value is -2.97. The van der Waals surface area contributed by atoms with Gasteiger partial charge in [-0.1, -0.05) is 50.3 Å². The number of benzene rings is 1. The number of esters is 1. The molecule has 2 saturated heterocycles. The lowest BCUT2D eigenvalue weighted by Crippen LogP contribution is -2.59. The van der Waals surface area contributed by atoms with Crippen molar-refractivity contribution in [2.45, 2.75) is 64.3 Å². The zero-order valence-corrected chi connectivity index (χ0v) is 22.1. The van der Waals surface area contributed by atoms with Crippen LogP contribution >= 0.6 is 0 Å². The van der Waals surface area contributed by atoms with Crippen molar-refractivity contribution in [2.24, 2.45) is 17.8 Å². The molecule has 198 valence electrons. The molecule has 37 heavy (non-hydrogen) atoms. The van der Waals surface area contributed by atoms with E-state index in [4.69, 9.17) is 9.47 Å². The van der Waals surface area contributed by atoms with Gasteiger partial charge in [0.05, 0.1) is 30.8 Å². The van der Waals surface area contributed by atoms with Crippen molar-refractivity contribution in [3.63, 3.8) is 0 Å². The van der Waals surface area contributed by atoms with Crippen LogP contribution in [0.2, 0.25) is 0 Å². The number of carbonyl (C=O) groups excluding carboxylic acids is 3. The minimum atomic E-state index is -1.38. The first-order valence-electron chi connectivity index (χ1n) is 13.1. The highest BCUT2D eigenvalue weighted by atomic mass is 16.6. The van der Waals surface area contributed by atoms with Gasteiger partial charge >= 0.3 is 5.97 Å². The number of hydrogen-bond donors (Lipinski definition) is 1. The molecule has 4 heterocycles. The monoisotopic (exact) mass is 508 g/mol. The SMILES string of the molecule is Cc1ccc(C)c(N2CC=C[C@]34O[C@@]5(C)C=CCCOC(=O)[C@H]5[C@H]3C(=O)N([C@@H](CO)C(C)C)C4C2=O)c1. The first-order chi connectivity index (χ1) is 17.6. The predicted octanol–water partition coefficient (Wildman–Crippen LogP) is 2.70. The smallest absolute Gasteiger partial charge is 0.313 e. The number of ether oxygens (including phenoxy) is 2. The van der Waals surface area contributed by atoms with E-state index >= 15 is 0 Å². The third-order valence-corrected chi connectivity index (χ3v) is 8.43. The number of fused-ring (bicyclic) bond motifs is 2. The Kier molecular flexibility index (Phi) is 6.31. The van der Waals surface area contributed by atoms with Crippen molar-refractivity contribution in [1.82, 2.24) is 4.90 Å². The van der Waals surface area contributed by atoms with E-state index < -0.39 is 41.1 Å². The van der Waals surface area contributed by atoms with Crippen molar-refractivity contribution >= 4 is 23.5 Å². The summed E-state index contributed by atoms with van der Waals surface area (Å²) in [5.41, 5.74) is 0.219. The number of aliphatic hydroxyl groups is 1. The molecule has 1 aromatic rings. The molecule has 1 unspecified atom stereocenters. The molecule has 0 bridgehead atoms. The Morgan fingerprint density at radius 2 is 1.84 bits per heavy atom. The van der Waals surface area contributed by atoms with E-state index in [1.54, 1.807) is 11.8 Å². The average molecular weight is 509 g/mol. The summed E-state index contributed by atoms with van der Waals surface area (Å²) in [6.07, 6.45) is 7.98. The molecule has 4 aliphatic heterocycles. The lowest BCUT2D eigenvalue weighted by atomic mass is 9.74. The number of aliphatic hydroxyl groups excluding tert-OH is 1. The maximum Gasteiger partial charge on any atom is 0.313 e. The minimum Gasteiger partial charge on any atom is -0.465 e. The topological polar surface area (TPSA) is 96.4 Å². The third-order valence-electron chi connectivity index (χ3n) is 8.43. The zero-order valence-electron chi connectivity index (χ0n) is 22.1.